The lowest BCUT2D eigenvalue weighted by molar-refractivity contribution is 0.201. The summed E-state index contributed by atoms with van der Waals surface area (Å²) in [6.07, 6.45) is 1.83. The van der Waals surface area contributed by atoms with E-state index in [-0.39, 0.29) is 11.2 Å². The molecule has 0 fully saturated rings. The lowest BCUT2D eigenvalue weighted by Crippen LogP contribution is -2.40. The van der Waals surface area contributed by atoms with Crippen LogP contribution in [-0.2, 0) is 9.84 Å². The normalized spacial score (nSPS) is 16.6. The van der Waals surface area contributed by atoms with Crippen LogP contribution in [0.2, 0.25) is 0 Å². The molecule has 0 aliphatic rings. The van der Waals surface area contributed by atoms with E-state index < -0.39 is 14.6 Å². The average molecular weight is 292 g/mol. The van der Waals surface area contributed by atoms with Crippen molar-refractivity contribution in [2.45, 2.75) is 66.1 Å². The van der Waals surface area contributed by atoms with Crippen molar-refractivity contribution in [3.05, 3.63) is 0 Å². The summed E-state index contributed by atoms with van der Waals surface area (Å²) in [7, 11) is -3.02. The molecule has 1 unspecified atom stereocenters. The van der Waals surface area contributed by atoms with Gasteiger partial charge in [0.15, 0.2) is 9.84 Å². The van der Waals surface area contributed by atoms with Crippen molar-refractivity contribution < 1.29 is 8.42 Å². The highest BCUT2D eigenvalue weighted by Crippen LogP contribution is 2.32. The van der Waals surface area contributed by atoms with Crippen molar-refractivity contribution in [2.75, 3.05) is 18.8 Å². The van der Waals surface area contributed by atoms with Crippen molar-refractivity contribution in [1.82, 2.24) is 5.32 Å². The van der Waals surface area contributed by atoms with E-state index in [0.717, 1.165) is 25.9 Å². The summed E-state index contributed by atoms with van der Waals surface area (Å²) in [5, 5.41) is 3.44. The summed E-state index contributed by atoms with van der Waals surface area (Å²) in [6.45, 7) is 15.9. The molecule has 0 rings (SSSR count). The van der Waals surface area contributed by atoms with Gasteiger partial charge in [0.25, 0.3) is 0 Å². The third kappa shape index (κ3) is 5.82. The first-order chi connectivity index (χ1) is 8.46. The Labute approximate surface area is 120 Å². The van der Waals surface area contributed by atoms with E-state index in [1.807, 2.05) is 0 Å². The van der Waals surface area contributed by atoms with Gasteiger partial charge in [0, 0.05) is 6.54 Å². The van der Waals surface area contributed by atoms with Gasteiger partial charge in [-0.05, 0) is 51.5 Å². The molecule has 116 valence electrons. The van der Waals surface area contributed by atoms with E-state index >= 15 is 0 Å². The highest BCUT2D eigenvalue weighted by atomic mass is 32.2. The predicted molar refractivity (Wildman–Crippen MR) is 84.3 cm³/mol. The molecule has 0 heterocycles. The summed E-state index contributed by atoms with van der Waals surface area (Å²) in [6, 6.07) is 0. The van der Waals surface area contributed by atoms with Gasteiger partial charge in [-0.25, -0.2) is 8.42 Å². The lowest BCUT2D eigenvalue weighted by atomic mass is 9.77. The molecule has 1 atom stereocenters. The first kappa shape index (κ1) is 18.9. The molecule has 0 spiro atoms. The molecule has 0 aromatic heterocycles. The molecular weight excluding hydrogens is 258 g/mol. The van der Waals surface area contributed by atoms with Crippen LogP contribution in [0.15, 0.2) is 0 Å². The SMILES string of the molecule is CCCNCC(C)(CCS(=O)(=O)C(C)(C)C)C(C)C. The van der Waals surface area contributed by atoms with Gasteiger partial charge in [-0.3, -0.25) is 0 Å². The molecule has 0 radical (unpaired) electrons. The number of rotatable bonds is 8. The highest BCUT2D eigenvalue weighted by Gasteiger charge is 2.34. The Morgan fingerprint density at radius 2 is 1.63 bits per heavy atom. The zero-order valence-electron chi connectivity index (χ0n) is 13.8. The van der Waals surface area contributed by atoms with Crippen LogP contribution in [0.3, 0.4) is 0 Å². The molecule has 0 bridgehead atoms. The standard InChI is InChI=1S/C15H33NO2S/c1-8-10-16-12-15(7,13(2)3)9-11-19(17,18)14(4,5)6/h13,16H,8-12H2,1-7H3. The van der Waals surface area contributed by atoms with E-state index in [1.165, 1.54) is 0 Å². The van der Waals surface area contributed by atoms with E-state index in [0.29, 0.717) is 5.92 Å². The van der Waals surface area contributed by atoms with E-state index in [9.17, 15) is 8.42 Å². The molecule has 0 aromatic carbocycles. The van der Waals surface area contributed by atoms with Gasteiger partial charge in [0.2, 0.25) is 0 Å². The second-order valence-electron chi connectivity index (χ2n) is 7.17. The first-order valence-electron chi connectivity index (χ1n) is 7.39. The van der Waals surface area contributed by atoms with Gasteiger partial charge < -0.3 is 5.32 Å². The smallest absolute Gasteiger partial charge is 0.155 e. The second-order valence-corrected chi connectivity index (χ2v) is 10.0. The summed E-state index contributed by atoms with van der Waals surface area (Å²) in [5.41, 5.74) is 0.0352. The summed E-state index contributed by atoms with van der Waals surface area (Å²) >= 11 is 0. The van der Waals surface area contributed by atoms with E-state index in [4.69, 9.17) is 0 Å². The molecule has 0 saturated heterocycles. The Bertz CT molecular complexity index is 355. The molecule has 0 amide bonds. The number of hydrogen-bond acceptors (Lipinski definition) is 3. The monoisotopic (exact) mass is 291 g/mol. The van der Waals surface area contributed by atoms with Crippen molar-refractivity contribution in [1.29, 1.82) is 0 Å². The van der Waals surface area contributed by atoms with Crippen LogP contribution in [-0.4, -0.2) is 32.0 Å². The zero-order chi connectivity index (χ0) is 15.3. The molecule has 19 heavy (non-hydrogen) atoms. The van der Waals surface area contributed by atoms with Gasteiger partial charge >= 0.3 is 0 Å². The third-order valence-corrected chi connectivity index (χ3v) is 6.83. The van der Waals surface area contributed by atoms with Crippen LogP contribution < -0.4 is 5.32 Å². The Kier molecular flexibility index (Phi) is 7.04. The van der Waals surface area contributed by atoms with Crippen LogP contribution in [0.1, 0.15) is 61.3 Å². The maximum Gasteiger partial charge on any atom is 0.155 e. The van der Waals surface area contributed by atoms with Crippen molar-refractivity contribution in [3.63, 3.8) is 0 Å². The van der Waals surface area contributed by atoms with E-state index in [2.05, 4.69) is 33.0 Å². The molecule has 3 nitrogen and oxygen atoms in total. The van der Waals surface area contributed by atoms with Crippen molar-refractivity contribution in [3.8, 4) is 0 Å². The molecule has 4 heteroatoms. The highest BCUT2D eigenvalue weighted by molar-refractivity contribution is 7.92. The van der Waals surface area contributed by atoms with Gasteiger partial charge in [0.1, 0.15) is 0 Å². The van der Waals surface area contributed by atoms with Crippen molar-refractivity contribution >= 4 is 9.84 Å². The maximum absolute atomic E-state index is 12.2. The lowest BCUT2D eigenvalue weighted by Gasteiger charge is -2.35. The minimum absolute atomic E-state index is 0.0352. The summed E-state index contributed by atoms with van der Waals surface area (Å²) < 4.78 is 23.8. The fourth-order valence-electron chi connectivity index (χ4n) is 1.81. The second kappa shape index (κ2) is 7.07. The summed E-state index contributed by atoms with van der Waals surface area (Å²) in [4.78, 5) is 0. The molecule has 0 saturated carbocycles. The Morgan fingerprint density at radius 3 is 2.00 bits per heavy atom. The van der Waals surface area contributed by atoms with Gasteiger partial charge in [-0.2, -0.15) is 0 Å². The van der Waals surface area contributed by atoms with Crippen LogP contribution in [0, 0.1) is 11.3 Å². The minimum atomic E-state index is -3.02. The predicted octanol–water partition coefficient (Wildman–Crippen LogP) is 3.25. The number of hydrogen-bond donors (Lipinski definition) is 1. The Morgan fingerprint density at radius 1 is 1.11 bits per heavy atom. The van der Waals surface area contributed by atoms with Crippen LogP contribution in [0.4, 0.5) is 0 Å². The van der Waals surface area contributed by atoms with Gasteiger partial charge in [0.05, 0.1) is 10.5 Å². The minimum Gasteiger partial charge on any atom is -0.316 e. The summed E-state index contributed by atoms with van der Waals surface area (Å²) in [5.74, 6) is 0.742. The van der Waals surface area contributed by atoms with Crippen LogP contribution in [0.25, 0.3) is 0 Å². The number of sulfone groups is 1. The molecule has 0 aromatic rings. The maximum atomic E-state index is 12.2. The Hall–Kier alpha value is -0.0900. The molecule has 0 aliphatic heterocycles. The topological polar surface area (TPSA) is 46.2 Å². The molecule has 0 aliphatic carbocycles. The molecular formula is C15H33NO2S. The van der Waals surface area contributed by atoms with E-state index in [1.54, 1.807) is 20.8 Å². The number of nitrogens with one attached hydrogen (secondary N) is 1. The largest absolute Gasteiger partial charge is 0.316 e. The molecule has 1 N–H and O–H groups in total. The fraction of sp³-hybridized carbons (Fsp3) is 1.00. The van der Waals surface area contributed by atoms with Gasteiger partial charge in [-0.15, -0.1) is 0 Å². The van der Waals surface area contributed by atoms with Gasteiger partial charge in [-0.1, -0.05) is 27.7 Å². The van der Waals surface area contributed by atoms with Crippen LogP contribution in [0.5, 0.6) is 0 Å². The fourth-order valence-corrected chi connectivity index (χ4v) is 3.15. The first-order valence-corrected chi connectivity index (χ1v) is 9.04. The Balaban J connectivity index is 4.69. The average Bonchev–Trinajstić information content (AvgIpc) is 2.25. The zero-order valence-corrected chi connectivity index (χ0v) is 14.7. The third-order valence-electron chi connectivity index (χ3n) is 4.22. The van der Waals surface area contributed by atoms with Crippen LogP contribution >= 0.6 is 0 Å². The quantitative estimate of drug-likeness (QED) is 0.698. The van der Waals surface area contributed by atoms with Crippen molar-refractivity contribution in [2.24, 2.45) is 11.3 Å².